The van der Waals surface area contributed by atoms with E-state index in [9.17, 15) is 0 Å². The highest BCUT2D eigenvalue weighted by molar-refractivity contribution is 7.15. The van der Waals surface area contributed by atoms with Crippen molar-refractivity contribution in [1.29, 1.82) is 0 Å². The minimum absolute atomic E-state index is 0.869. The molecule has 0 bridgehead atoms. The van der Waals surface area contributed by atoms with Crippen LogP contribution in [0.4, 0.5) is 0 Å². The Morgan fingerprint density at radius 3 is 3.10 bits per heavy atom. The Hall–Kier alpha value is -1.66. The maximum atomic E-state index is 4.55. The first kappa shape index (κ1) is 13.3. The largest absolute Gasteiger partial charge is 0.311 e. The van der Waals surface area contributed by atoms with Gasteiger partial charge in [0.2, 0.25) is 0 Å². The SMILES string of the molecule is Cc1nc2sccn2c1CNCCCc1cn[nH]c1C. The van der Waals surface area contributed by atoms with Crippen LogP contribution in [0, 0.1) is 13.8 Å². The van der Waals surface area contributed by atoms with Crippen molar-refractivity contribution in [2.24, 2.45) is 0 Å². The van der Waals surface area contributed by atoms with Crippen molar-refractivity contribution >= 4 is 16.3 Å². The highest BCUT2D eigenvalue weighted by Crippen LogP contribution is 2.16. The molecule has 3 aromatic heterocycles. The number of thiazole rings is 1. The van der Waals surface area contributed by atoms with Gasteiger partial charge < -0.3 is 5.32 Å². The normalized spacial score (nSPS) is 11.5. The van der Waals surface area contributed by atoms with Gasteiger partial charge in [-0.25, -0.2) is 4.98 Å². The number of rotatable bonds is 6. The standard InChI is InChI=1S/C14H19N5S/c1-10-12(8-16-18-10)4-3-5-15-9-13-11(2)17-14-19(13)6-7-20-14/h6-8,15H,3-5,9H2,1-2H3,(H,16,18). The molecule has 0 aliphatic heterocycles. The van der Waals surface area contributed by atoms with Crippen molar-refractivity contribution in [2.75, 3.05) is 6.54 Å². The lowest BCUT2D eigenvalue weighted by molar-refractivity contribution is 0.635. The minimum Gasteiger partial charge on any atom is -0.311 e. The number of aromatic amines is 1. The maximum Gasteiger partial charge on any atom is 0.194 e. The Morgan fingerprint density at radius 1 is 1.40 bits per heavy atom. The molecule has 0 spiro atoms. The van der Waals surface area contributed by atoms with Crippen molar-refractivity contribution in [3.8, 4) is 0 Å². The molecular formula is C14H19N5S. The average Bonchev–Trinajstić information content (AvgIpc) is 3.09. The van der Waals surface area contributed by atoms with Gasteiger partial charge in [-0.1, -0.05) is 0 Å². The van der Waals surface area contributed by atoms with Crippen molar-refractivity contribution in [3.05, 3.63) is 40.4 Å². The quantitative estimate of drug-likeness (QED) is 0.685. The van der Waals surface area contributed by atoms with Gasteiger partial charge in [-0.3, -0.25) is 9.50 Å². The summed E-state index contributed by atoms with van der Waals surface area (Å²) in [6.07, 6.45) is 6.19. The molecule has 3 heterocycles. The Labute approximate surface area is 122 Å². The van der Waals surface area contributed by atoms with E-state index in [1.807, 2.05) is 6.20 Å². The third-order valence-electron chi connectivity index (χ3n) is 3.59. The monoisotopic (exact) mass is 289 g/mol. The number of hydrogen-bond acceptors (Lipinski definition) is 4. The zero-order chi connectivity index (χ0) is 13.9. The molecular weight excluding hydrogens is 270 g/mol. The second kappa shape index (κ2) is 5.76. The molecule has 0 saturated heterocycles. The van der Waals surface area contributed by atoms with Gasteiger partial charge in [0.15, 0.2) is 4.96 Å². The van der Waals surface area contributed by atoms with Gasteiger partial charge in [-0.2, -0.15) is 5.10 Å². The first-order valence-electron chi connectivity index (χ1n) is 6.86. The van der Waals surface area contributed by atoms with Crippen molar-refractivity contribution in [1.82, 2.24) is 24.9 Å². The third kappa shape index (κ3) is 2.62. The molecule has 0 saturated carbocycles. The molecule has 0 atom stereocenters. The van der Waals surface area contributed by atoms with Gasteiger partial charge >= 0.3 is 0 Å². The summed E-state index contributed by atoms with van der Waals surface area (Å²) in [5.41, 5.74) is 4.87. The number of aryl methyl sites for hydroxylation is 3. The van der Waals surface area contributed by atoms with E-state index >= 15 is 0 Å². The van der Waals surface area contributed by atoms with Crippen LogP contribution in [0.25, 0.3) is 4.96 Å². The van der Waals surface area contributed by atoms with E-state index in [1.165, 1.54) is 17.0 Å². The fraction of sp³-hybridized carbons (Fsp3) is 0.429. The van der Waals surface area contributed by atoms with Crippen molar-refractivity contribution in [2.45, 2.75) is 33.2 Å². The molecule has 0 aliphatic carbocycles. The molecule has 106 valence electrons. The van der Waals surface area contributed by atoms with Gasteiger partial charge in [-0.15, -0.1) is 11.3 Å². The van der Waals surface area contributed by atoms with Crippen LogP contribution in [0.5, 0.6) is 0 Å². The third-order valence-corrected chi connectivity index (χ3v) is 4.34. The molecule has 0 radical (unpaired) electrons. The predicted octanol–water partition coefficient (Wildman–Crippen LogP) is 2.46. The molecule has 0 aromatic carbocycles. The van der Waals surface area contributed by atoms with Crippen LogP contribution in [0.1, 0.15) is 29.1 Å². The van der Waals surface area contributed by atoms with Crippen molar-refractivity contribution in [3.63, 3.8) is 0 Å². The summed E-state index contributed by atoms with van der Waals surface area (Å²) >= 11 is 1.68. The van der Waals surface area contributed by atoms with Crippen LogP contribution in [0.15, 0.2) is 17.8 Å². The highest BCUT2D eigenvalue weighted by atomic mass is 32.1. The van der Waals surface area contributed by atoms with Crippen molar-refractivity contribution < 1.29 is 0 Å². The lowest BCUT2D eigenvalue weighted by atomic mass is 10.1. The highest BCUT2D eigenvalue weighted by Gasteiger charge is 2.08. The topological polar surface area (TPSA) is 58.0 Å². The summed E-state index contributed by atoms with van der Waals surface area (Å²) in [6.45, 7) is 6.01. The number of nitrogens with one attached hydrogen (secondary N) is 2. The van der Waals surface area contributed by atoms with E-state index < -0.39 is 0 Å². The van der Waals surface area contributed by atoms with Crippen LogP contribution in [-0.4, -0.2) is 26.1 Å². The summed E-state index contributed by atoms with van der Waals surface area (Å²) in [6, 6.07) is 0. The summed E-state index contributed by atoms with van der Waals surface area (Å²) < 4.78 is 2.17. The molecule has 0 amide bonds. The number of aromatic nitrogens is 4. The first-order chi connectivity index (χ1) is 9.75. The minimum atomic E-state index is 0.869. The van der Waals surface area contributed by atoms with Gasteiger partial charge in [0.25, 0.3) is 0 Å². The smallest absolute Gasteiger partial charge is 0.194 e. The molecule has 0 aliphatic rings. The van der Waals surface area contributed by atoms with Crippen LogP contribution in [0.2, 0.25) is 0 Å². The summed E-state index contributed by atoms with van der Waals surface area (Å²) in [5, 5.41) is 12.6. The second-order valence-corrected chi connectivity index (χ2v) is 5.87. The maximum absolute atomic E-state index is 4.55. The van der Waals surface area contributed by atoms with E-state index in [-0.39, 0.29) is 0 Å². The number of nitrogens with zero attached hydrogens (tertiary/aromatic N) is 3. The summed E-state index contributed by atoms with van der Waals surface area (Å²) in [4.78, 5) is 5.63. The molecule has 5 nitrogen and oxygen atoms in total. The number of H-pyrrole nitrogens is 1. The zero-order valence-corrected chi connectivity index (χ0v) is 12.6. The van der Waals surface area contributed by atoms with Crippen LogP contribution in [0.3, 0.4) is 0 Å². The molecule has 0 unspecified atom stereocenters. The van der Waals surface area contributed by atoms with E-state index in [0.29, 0.717) is 0 Å². The van der Waals surface area contributed by atoms with E-state index in [4.69, 9.17) is 0 Å². The van der Waals surface area contributed by atoms with Crippen LogP contribution >= 0.6 is 11.3 Å². The Bertz CT molecular complexity index is 693. The number of imidazole rings is 1. The molecule has 0 fully saturated rings. The molecule has 6 heteroatoms. The number of hydrogen-bond donors (Lipinski definition) is 2. The molecule has 3 aromatic rings. The lowest BCUT2D eigenvalue weighted by Gasteiger charge is -2.05. The fourth-order valence-corrected chi connectivity index (χ4v) is 3.17. The zero-order valence-electron chi connectivity index (χ0n) is 11.8. The fourth-order valence-electron chi connectivity index (χ4n) is 2.39. The lowest BCUT2D eigenvalue weighted by Crippen LogP contribution is -2.17. The van der Waals surface area contributed by atoms with E-state index in [0.717, 1.165) is 36.6 Å². The average molecular weight is 289 g/mol. The molecule has 2 N–H and O–H groups in total. The van der Waals surface area contributed by atoms with Gasteiger partial charge in [0, 0.05) is 23.8 Å². The predicted molar refractivity (Wildman–Crippen MR) is 81.2 cm³/mol. The van der Waals surface area contributed by atoms with Crippen LogP contribution in [-0.2, 0) is 13.0 Å². The van der Waals surface area contributed by atoms with Gasteiger partial charge in [-0.05, 0) is 38.8 Å². The van der Waals surface area contributed by atoms with Gasteiger partial charge in [0.05, 0.1) is 17.6 Å². The summed E-state index contributed by atoms with van der Waals surface area (Å²) in [7, 11) is 0. The first-order valence-corrected chi connectivity index (χ1v) is 7.74. The van der Waals surface area contributed by atoms with E-state index in [2.05, 4.69) is 50.3 Å². The summed E-state index contributed by atoms with van der Waals surface area (Å²) in [5.74, 6) is 0. The Morgan fingerprint density at radius 2 is 2.30 bits per heavy atom. The Balaban J connectivity index is 1.49. The van der Waals surface area contributed by atoms with E-state index in [1.54, 1.807) is 11.3 Å². The second-order valence-electron chi connectivity index (χ2n) is 5.00. The number of fused-ring (bicyclic) bond motifs is 1. The molecule has 20 heavy (non-hydrogen) atoms. The van der Waals surface area contributed by atoms with Crippen LogP contribution < -0.4 is 5.32 Å². The molecule has 3 rings (SSSR count). The Kier molecular flexibility index (Phi) is 3.84. The van der Waals surface area contributed by atoms with Gasteiger partial charge in [0.1, 0.15) is 0 Å².